The topological polar surface area (TPSA) is 118 Å². The molecule has 0 radical (unpaired) electrons. The predicted octanol–water partition coefficient (Wildman–Crippen LogP) is 1.96. The molecule has 0 aliphatic rings. The first-order chi connectivity index (χ1) is 12.1. The number of amides is 2. The van der Waals surface area contributed by atoms with Crippen LogP contribution in [0.1, 0.15) is 44.8 Å². The lowest BCUT2D eigenvalue weighted by Gasteiger charge is -2.19. The van der Waals surface area contributed by atoms with Gasteiger partial charge in [0.25, 0.3) is 11.8 Å². The van der Waals surface area contributed by atoms with Gasteiger partial charge >= 0.3 is 0 Å². The maximum atomic E-state index is 12.8. The number of rotatable bonds is 6. The van der Waals surface area contributed by atoms with Gasteiger partial charge in [0.1, 0.15) is 0 Å². The number of carbonyl (C=O) groups excluding carboxylic acids is 2. The number of nitrogens with one attached hydrogen (secondary N) is 2. The first kappa shape index (κ1) is 19.5. The molecule has 2 aromatic carbocycles. The second-order valence-corrected chi connectivity index (χ2v) is 7.77. The van der Waals surface area contributed by atoms with Crippen molar-refractivity contribution in [3.8, 4) is 0 Å². The lowest BCUT2D eigenvalue weighted by atomic mass is 10.00. The Balaban J connectivity index is 2.48. The summed E-state index contributed by atoms with van der Waals surface area (Å²) in [6.45, 7) is 3.46. The highest BCUT2D eigenvalue weighted by Gasteiger charge is 2.23. The summed E-state index contributed by atoms with van der Waals surface area (Å²) in [7, 11) is -3.72. The number of benzene rings is 2. The molecular weight excluding hydrogens is 354 g/mol. The van der Waals surface area contributed by atoms with E-state index in [1.54, 1.807) is 13.0 Å². The van der Waals surface area contributed by atoms with E-state index in [0.29, 0.717) is 5.56 Å². The lowest BCUT2D eigenvalue weighted by molar-refractivity contribution is 0.0940. The monoisotopic (exact) mass is 375 g/mol. The van der Waals surface area contributed by atoms with Gasteiger partial charge in [-0.05, 0) is 31.0 Å². The smallest absolute Gasteiger partial charge is 0.254 e. The lowest BCUT2D eigenvalue weighted by Crippen LogP contribution is -2.30. The number of hydrogen-bond acceptors (Lipinski definition) is 4. The van der Waals surface area contributed by atoms with Crippen molar-refractivity contribution in [1.29, 1.82) is 0 Å². The van der Waals surface area contributed by atoms with Gasteiger partial charge in [0.05, 0.1) is 29.1 Å². The molecule has 0 unspecified atom stereocenters. The van der Waals surface area contributed by atoms with Gasteiger partial charge in [0.15, 0.2) is 0 Å². The van der Waals surface area contributed by atoms with Crippen molar-refractivity contribution in [2.24, 2.45) is 5.73 Å². The third kappa shape index (κ3) is 4.60. The fourth-order valence-corrected chi connectivity index (χ4v) is 3.17. The predicted molar refractivity (Wildman–Crippen MR) is 100 cm³/mol. The Morgan fingerprint density at radius 3 is 2.23 bits per heavy atom. The van der Waals surface area contributed by atoms with Crippen molar-refractivity contribution in [2.75, 3.05) is 11.0 Å². The van der Waals surface area contributed by atoms with Crippen LogP contribution in [0, 0.1) is 6.92 Å². The van der Waals surface area contributed by atoms with E-state index < -0.39 is 21.8 Å². The van der Waals surface area contributed by atoms with Crippen LogP contribution in [-0.4, -0.2) is 26.5 Å². The van der Waals surface area contributed by atoms with Gasteiger partial charge in [0.2, 0.25) is 10.0 Å². The molecule has 4 N–H and O–H groups in total. The molecule has 0 bridgehead atoms. The third-order valence-corrected chi connectivity index (χ3v) is 4.42. The number of hydrogen-bond donors (Lipinski definition) is 3. The second-order valence-electron chi connectivity index (χ2n) is 6.02. The summed E-state index contributed by atoms with van der Waals surface area (Å²) in [5.41, 5.74) is 6.62. The van der Waals surface area contributed by atoms with E-state index in [1.165, 1.54) is 6.07 Å². The average Bonchev–Trinajstić information content (AvgIpc) is 2.53. The van der Waals surface area contributed by atoms with E-state index in [9.17, 15) is 18.0 Å². The largest absolute Gasteiger partial charge is 0.366 e. The van der Waals surface area contributed by atoms with Crippen LogP contribution in [0.2, 0.25) is 0 Å². The fourth-order valence-electron chi connectivity index (χ4n) is 2.59. The zero-order valence-electron chi connectivity index (χ0n) is 14.7. The molecule has 0 saturated heterocycles. The quantitative estimate of drug-likeness (QED) is 0.715. The van der Waals surface area contributed by atoms with Crippen LogP contribution in [0.15, 0.2) is 42.5 Å². The number of aryl methyl sites for hydroxylation is 1. The first-order valence-electron chi connectivity index (χ1n) is 7.87. The SMILES string of the molecule is Cc1ccc(C(N)=O)c(NS(C)(=O)=O)c1C(=O)N[C@H](C)c1ccccc1. The molecule has 2 aromatic rings. The van der Waals surface area contributed by atoms with Crippen LogP contribution in [0.3, 0.4) is 0 Å². The zero-order chi connectivity index (χ0) is 19.5. The highest BCUT2D eigenvalue weighted by molar-refractivity contribution is 7.92. The Morgan fingerprint density at radius 1 is 1.08 bits per heavy atom. The molecule has 0 heterocycles. The summed E-state index contributed by atoms with van der Waals surface area (Å²) in [5.74, 6) is -1.34. The van der Waals surface area contributed by atoms with Crippen LogP contribution in [0.4, 0.5) is 5.69 Å². The van der Waals surface area contributed by atoms with Gasteiger partial charge in [0, 0.05) is 0 Å². The number of sulfonamides is 1. The van der Waals surface area contributed by atoms with Gasteiger partial charge < -0.3 is 11.1 Å². The van der Waals surface area contributed by atoms with E-state index in [2.05, 4.69) is 10.0 Å². The van der Waals surface area contributed by atoms with Crippen LogP contribution in [0.25, 0.3) is 0 Å². The minimum atomic E-state index is -3.72. The Kier molecular flexibility index (Phi) is 5.66. The fraction of sp³-hybridized carbons (Fsp3) is 0.222. The van der Waals surface area contributed by atoms with Gasteiger partial charge in [-0.1, -0.05) is 36.4 Å². The van der Waals surface area contributed by atoms with Crippen LogP contribution < -0.4 is 15.8 Å². The van der Waals surface area contributed by atoms with Gasteiger partial charge in [-0.15, -0.1) is 0 Å². The molecule has 7 nitrogen and oxygen atoms in total. The van der Waals surface area contributed by atoms with Crippen molar-refractivity contribution in [1.82, 2.24) is 5.32 Å². The molecule has 0 aliphatic carbocycles. The van der Waals surface area contributed by atoms with Crippen molar-refractivity contribution in [3.05, 3.63) is 64.7 Å². The average molecular weight is 375 g/mol. The summed E-state index contributed by atoms with van der Waals surface area (Å²) in [6.07, 6.45) is 0.939. The van der Waals surface area contributed by atoms with Gasteiger partial charge in [-0.3, -0.25) is 14.3 Å². The second kappa shape index (κ2) is 7.57. The van der Waals surface area contributed by atoms with Crippen molar-refractivity contribution in [2.45, 2.75) is 19.9 Å². The zero-order valence-corrected chi connectivity index (χ0v) is 15.6. The number of anilines is 1. The normalized spacial score (nSPS) is 12.3. The Bertz CT molecular complexity index is 940. The van der Waals surface area contributed by atoms with Crippen LogP contribution in [-0.2, 0) is 10.0 Å². The van der Waals surface area contributed by atoms with Crippen molar-refractivity contribution in [3.63, 3.8) is 0 Å². The van der Waals surface area contributed by atoms with E-state index >= 15 is 0 Å². The summed E-state index contributed by atoms with van der Waals surface area (Å²) < 4.78 is 25.7. The first-order valence-corrected chi connectivity index (χ1v) is 9.76. The maximum Gasteiger partial charge on any atom is 0.254 e. The number of primary amides is 1. The maximum absolute atomic E-state index is 12.8. The highest BCUT2D eigenvalue weighted by atomic mass is 32.2. The minimum absolute atomic E-state index is 0.0644. The molecule has 0 fully saturated rings. The highest BCUT2D eigenvalue weighted by Crippen LogP contribution is 2.26. The summed E-state index contributed by atoms with van der Waals surface area (Å²) in [4.78, 5) is 24.5. The molecular formula is C18H21N3O4S. The molecule has 8 heteroatoms. The third-order valence-electron chi connectivity index (χ3n) is 3.84. The van der Waals surface area contributed by atoms with Crippen molar-refractivity contribution < 1.29 is 18.0 Å². The Morgan fingerprint density at radius 2 is 1.69 bits per heavy atom. The van der Waals surface area contributed by atoms with Crippen LogP contribution in [0.5, 0.6) is 0 Å². The molecule has 1 atom stereocenters. The van der Waals surface area contributed by atoms with Crippen LogP contribution >= 0.6 is 0 Å². The molecule has 26 heavy (non-hydrogen) atoms. The number of carbonyl (C=O) groups is 2. The Hall–Kier alpha value is -2.87. The van der Waals surface area contributed by atoms with Gasteiger partial charge in [-0.25, -0.2) is 8.42 Å². The molecule has 2 amide bonds. The summed E-state index contributed by atoms with van der Waals surface area (Å²) in [6, 6.07) is 11.9. The molecule has 0 aromatic heterocycles. The number of nitrogens with two attached hydrogens (primary N) is 1. The van der Waals surface area contributed by atoms with E-state index in [4.69, 9.17) is 5.73 Å². The standard InChI is InChI=1S/C18H21N3O4S/c1-11-9-10-14(17(19)22)16(21-26(3,24)25)15(11)18(23)20-12(2)13-7-5-4-6-8-13/h4-10,12,21H,1-3H3,(H2,19,22)(H,20,23)/t12-/m1/s1. The molecule has 2 rings (SSSR count). The molecule has 138 valence electrons. The van der Waals surface area contributed by atoms with E-state index in [1.807, 2.05) is 37.3 Å². The summed E-state index contributed by atoms with van der Waals surface area (Å²) >= 11 is 0. The molecule has 0 aliphatic heterocycles. The molecule has 0 saturated carbocycles. The van der Waals surface area contributed by atoms with E-state index in [0.717, 1.165) is 11.8 Å². The minimum Gasteiger partial charge on any atom is -0.366 e. The molecule has 0 spiro atoms. The van der Waals surface area contributed by atoms with Crippen molar-refractivity contribution >= 4 is 27.5 Å². The van der Waals surface area contributed by atoms with E-state index in [-0.39, 0.29) is 22.9 Å². The van der Waals surface area contributed by atoms with Gasteiger partial charge in [-0.2, -0.15) is 0 Å². The summed E-state index contributed by atoms with van der Waals surface area (Å²) in [5, 5.41) is 2.82. The Labute approximate surface area is 152 Å².